The first-order chi connectivity index (χ1) is 5.86. The van der Waals surface area contributed by atoms with Crippen LogP contribution in [0.5, 0.6) is 0 Å². The fraction of sp³-hybridized carbons (Fsp3) is 0.444. The average Bonchev–Trinajstić information content (AvgIpc) is 2.00. The zero-order valence-corrected chi connectivity index (χ0v) is 7.12. The molecule has 0 spiro atoms. The largest absolute Gasteiger partial charge is 0.490 e. The van der Waals surface area contributed by atoms with E-state index in [1.807, 2.05) is 0 Å². The van der Waals surface area contributed by atoms with Gasteiger partial charge in [0.1, 0.15) is 12.4 Å². The van der Waals surface area contributed by atoms with Crippen molar-refractivity contribution in [3.8, 4) is 0 Å². The van der Waals surface area contributed by atoms with Crippen molar-refractivity contribution in [2.24, 2.45) is 4.99 Å². The molecule has 0 aromatic rings. The van der Waals surface area contributed by atoms with Crippen LogP contribution in [0.2, 0.25) is 0 Å². The van der Waals surface area contributed by atoms with Crippen molar-refractivity contribution in [1.29, 1.82) is 0 Å². The highest BCUT2D eigenvalue weighted by Crippen LogP contribution is 2.06. The molecule has 0 aliphatic carbocycles. The summed E-state index contributed by atoms with van der Waals surface area (Å²) in [6.07, 6.45) is 4.38. The molecule has 0 unspecified atom stereocenters. The Morgan fingerprint density at radius 3 is 2.92 bits per heavy atom. The summed E-state index contributed by atoms with van der Waals surface area (Å²) in [6.45, 7) is 8.73. The molecule has 1 atom stereocenters. The van der Waals surface area contributed by atoms with Crippen LogP contribution < -0.4 is 5.32 Å². The molecule has 0 saturated carbocycles. The molecule has 1 N–H and O–H groups in total. The van der Waals surface area contributed by atoms with Crippen LogP contribution in [0, 0.1) is 0 Å². The van der Waals surface area contributed by atoms with Crippen molar-refractivity contribution in [3.63, 3.8) is 0 Å². The Morgan fingerprint density at radius 1 is 1.75 bits per heavy atom. The molecule has 0 aromatic heterocycles. The molecule has 1 heterocycles. The van der Waals surface area contributed by atoms with Gasteiger partial charge < -0.3 is 10.1 Å². The van der Waals surface area contributed by atoms with E-state index in [0.717, 1.165) is 6.54 Å². The first kappa shape index (κ1) is 9.00. The second-order valence-electron chi connectivity index (χ2n) is 2.67. The summed E-state index contributed by atoms with van der Waals surface area (Å²) in [6, 6.07) is 0.498. The Hall–Kier alpha value is -1.09. The van der Waals surface area contributed by atoms with Crippen LogP contribution in [-0.2, 0) is 4.74 Å². The molecule has 0 aromatic carbocycles. The second kappa shape index (κ2) is 4.72. The van der Waals surface area contributed by atoms with Crippen LogP contribution >= 0.6 is 0 Å². The summed E-state index contributed by atoms with van der Waals surface area (Å²) in [4.78, 5) is 3.60. The molecule has 0 radical (unpaired) electrons. The topological polar surface area (TPSA) is 33.6 Å². The fourth-order valence-corrected chi connectivity index (χ4v) is 0.926. The summed E-state index contributed by atoms with van der Waals surface area (Å²) in [7, 11) is 0. The summed E-state index contributed by atoms with van der Waals surface area (Å²) in [5.74, 6) is 0.679. The second-order valence-corrected chi connectivity index (χ2v) is 2.67. The zero-order chi connectivity index (χ0) is 8.81. The molecule has 1 aliphatic rings. The van der Waals surface area contributed by atoms with Gasteiger partial charge in [0.25, 0.3) is 0 Å². The van der Waals surface area contributed by atoms with Crippen LogP contribution in [0.15, 0.2) is 29.6 Å². The third-order valence-corrected chi connectivity index (χ3v) is 1.80. The first-order valence-corrected chi connectivity index (χ1v) is 4.01. The van der Waals surface area contributed by atoms with Gasteiger partial charge in [-0.2, -0.15) is 0 Å². The Labute approximate surface area is 72.8 Å². The number of allylic oxidation sites excluding steroid dienone is 1. The number of hydrogen-bond donors (Lipinski definition) is 1. The predicted octanol–water partition coefficient (Wildman–Crippen LogP) is 1.09. The molecule has 3 heteroatoms. The molecule has 66 valence electrons. The van der Waals surface area contributed by atoms with E-state index in [1.165, 1.54) is 6.42 Å². The number of rotatable bonds is 5. The Kier molecular flexibility index (Phi) is 3.54. The van der Waals surface area contributed by atoms with E-state index in [1.54, 1.807) is 12.3 Å². The summed E-state index contributed by atoms with van der Waals surface area (Å²) >= 11 is 0. The quantitative estimate of drug-likeness (QED) is 0.377. The SMILES string of the molecule is C=C/C(=C\N=C)OC[C@@H]1CCN1. The normalized spacial score (nSPS) is 22.7. The number of hydrogen-bond acceptors (Lipinski definition) is 3. The zero-order valence-electron chi connectivity index (χ0n) is 7.12. The Bertz CT molecular complexity index is 195. The van der Waals surface area contributed by atoms with Gasteiger partial charge in [-0.15, -0.1) is 0 Å². The van der Waals surface area contributed by atoms with E-state index >= 15 is 0 Å². The summed E-state index contributed by atoms with van der Waals surface area (Å²) in [5, 5.41) is 3.23. The minimum absolute atomic E-state index is 0.498. The van der Waals surface area contributed by atoms with Crippen LogP contribution in [0.25, 0.3) is 0 Å². The van der Waals surface area contributed by atoms with Gasteiger partial charge in [0, 0.05) is 6.04 Å². The standard InChI is InChI=1S/C9H14N2O/c1-3-9(6-10-2)12-7-8-4-5-11-8/h3,6,8,11H,1-2,4-5,7H2/b9-6+/t8-/m0/s1. The first-order valence-electron chi connectivity index (χ1n) is 4.01. The maximum atomic E-state index is 5.38. The molecule has 12 heavy (non-hydrogen) atoms. The predicted molar refractivity (Wildman–Crippen MR) is 50.2 cm³/mol. The van der Waals surface area contributed by atoms with Crippen LogP contribution in [-0.4, -0.2) is 25.9 Å². The van der Waals surface area contributed by atoms with Gasteiger partial charge in [0.2, 0.25) is 0 Å². The van der Waals surface area contributed by atoms with Crippen molar-refractivity contribution in [2.75, 3.05) is 13.2 Å². The smallest absolute Gasteiger partial charge is 0.136 e. The van der Waals surface area contributed by atoms with Gasteiger partial charge in [-0.25, -0.2) is 0 Å². The van der Waals surface area contributed by atoms with E-state index in [0.29, 0.717) is 18.4 Å². The van der Waals surface area contributed by atoms with Crippen molar-refractivity contribution < 1.29 is 4.74 Å². The summed E-state index contributed by atoms with van der Waals surface area (Å²) < 4.78 is 5.38. The molecule has 3 nitrogen and oxygen atoms in total. The lowest BCUT2D eigenvalue weighted by Crippen LogP contribution is -2.45. The van der Waals surface area contributed by atoms with E-state index in [9.17, 15) is 0 Å². The number of nitrogens with zero attached hydrogens (tertiary/aromatic N) is 1. The molecule has 0 bridgehead atoms. The van der Waals surface area contributed by atoms with Gasteiger partial charge in [0.05, 0.1) is 6.20 Å². The van der Waals surface area contributed by atoms with Crippen LogP contribution in [0.1, 0.15) is 6.42 Å². The van der Waals surface area contributed by atoms with Crippen molar-refractivity contribution in [2.45, 2.75) is 12.5 Å². The third-order valence-electron chi connectivity index (χ3n) is 1.80. The summed E-state index contributed by atoms with van der Waals surface area (Å²) in [5.41, 5.74) is 0. The number of ether oxygens (including phenoxy) is 1. The monoisotopic (exact) mass is 166 g/mol. The highest BCUT2D eigenvalue weighted by atomic mass is 16.5. The van der Waals surface area contributed by atoms with Gasteiger partial charge in [0.15, 0.2) is 0 Å². The third kappa shape index (κ3) is 2.51. The minimum Gasteiger partial charge on any atom is -0.490 e. The lowest BCUT2D eigenvalue weighted by molar-refractivity contribution is 0.157. The molecule has 0 amide bonds. The Balaban J connectivity index is 2.22. The van der Waals surface area contributed by atoms with Gasteiger partial charge in [-0.05, 0) is 25.8 Å². The number of nitrogens with one attached hydrogen (secondary N) is 1. The van der Waals surface area contributed by atoms with Gasteiger partial charge >= 0.3 is 0 Å². The Morgan fingerprint density at radius 2 is 2.50 bits per heavy atom. The average molecular weight is 166 g/mol. The molecule has 1 saturated heterocycles. The van der Waals surface area contributed by atoms with Crippen LogP contribution in [0.3, 0.4) is 0 Å². The lowest BCUT2D eigenvalue weighted by atomic mass is 10.1. The molecular formula is C9H14N2O. The van der Waals surface area contributed by atoms with Crippen molar-refractivity contribution >= 4 is 6.72 Å². The molecule has 1 rings (SSSR count). The molecule has 1 fully saturated rings. The highest BCUT2D eigenvalue weighted by Gasteiger charge is 2.16. The highest BCUT2D eigenvalue weighted by molar-refractivity contribution is 5.27. The van der Waals surface area contributed by atoms with E-state index in [2.05, 4.69) is 23.6 Å². The maximum absolute atomic E-state index is 5.38. The fourth-order valence-electron chi connectivity index (χ4n) is 0.926. The van der Waals surface area contributed by atoms with Gasteiger partial charge in [-0.3, -0.25) is 4.99 Å². The van der Waals surface area contributed by atoms with Gasteiger partial charge in [-0.1, -0.05) is 6.58 Å². The van der Waals surface area contributed by atoms with E-state index in [4.69, 9.17) is 4.74 Å². The minimum atomic E-state index is 0.498. The van der Waals surface area contributed by atoms with Crippen molar-refractivity contribution in [1.82, 2.24) is 5.32 Å². The molecule has 1 aliphatic heterocycles. The van der Waals surface area contributed by atoms with Crippen molar-refractivity contribution in [3.05, 3.63) is 24.6 Å². The maximum Gasteiger partial charge on any atom is 0.136 e. The van der Waals surface area contributed by atoms with Crippen LogP contribution in [0.4, 0.5) is 0 Å². The molecular weight excluding hydrogens is 152 g/mol. The number of aliphatic imine (C=N–C) groups is 1. The van der Waals surface area contributed by atoms with E-state index in [-0.39, 0.29) is 0 Å². The lowest BCUT2D eigenvalue weighted by Gasteiger charge is -2.27. The van der Waals surface area contributed by atoms with E-state index < -0.39 is 0 Å².